The average molecular weight is 301 g/mol. The normalized spacial score (nSPS) is 19.4. The lowest BCUT2D eigenvalue weighted by atomic mass is 10.1. The highest BCUT2D eigenvalue weighted by atomic mass is 79.9. The van der Waals surface area contributed by atoms with Crippen molar-refractivity contribution in [1.29, 1.82) is 0 Å². The van der Waals surface area contributed by atoms with E-state index in [0.717, 1.165) is 24.9 Å². The summed E-state index contributed by atoms with van der Waals surface area (Å²) in [6.45, 7) is 2.65. The maximum atomic E-state index is 13.2. The van der Waals surface area contributed by atoms with Crippen LogP contribution in [0, 0.1) is 12.7 Å². The van der Waals surface area contributed by atoms with Crippen molar-refractivity contribution in [2.45, 2.75) is 25.8 Å². The fourth-order valence-corrected chi connectivity index (χ4v) is 2.25. The summed E-state index contributed by atoms with van der Waals surface area (Å²) in [4.78, 5) is 11.9. The summed E-state index contributed by atoms with van der Waals surface area (Å²) in [5.74, 6) is -0.372. The number of anilines is 1. The number of benzene rings is 1. The summed E-state index contributed by atoms with van der Waals surface area (Å²) in [5, 5.41) is 5.95. The van der Waals surface area contributed by atoms with Crippen molar-refractivity contribution in [1.82, 2.24) is 5.32 Å². The smallest absolute Gasteiger partial charge is 0.241 e. The lowest BCUT2D eigenvalue weighted by Crippen LogP contribution is -2.35. The third-order valence-corrected chi connectivity index (χ3v) is 3.51. The number of carbonyl (C=O) groups is 1. The van der Waals surface area contributed by atoms with E-state index < -0.39 is 0 Å². The van der Waals surface area contributed by atoms with Crippen molar-refractivity contribution >= 4 is 27.5 Å². The van der Waals surface area contributed by atoms with Gasteiger partial charge in [0.1, 0.15) is 5.82 Å². The van der Waals surface area contributed by atoms with Crippen molar-refractivity contribution in [3.63, 3.8) is 0 Å². The van der Waals surface area contributed by atoms with Gasteiger partial charge in [0.25, 0.3) is 0 Å². The molecule has 0 aliphatic carbocycles. The van der Waals surface area contributed by atoms with Crippen LogP contribution in [0.3, 0.4) is 0 Å². The third-order valence-electron chi connectivity index (χ3n) is 2.90. The van der Waals surface area contributed by atoms with Crippen LogP contribution in [0.25, 0.3) is 0 Å². The average Bonchev–Trinajstić information content (AvgIpc) is 2.79. The highest BCUT2D eigenvalue weighted by Gasteiger charge is 2.22. The molecule has 1 heterocycles. The van der Waals surface area contributed by atoms with Gasteiger partial charge in [-0.3, -0.25) is 4.79 Å². The molecular weight excluding hydrogens is 287 g/mol. The number of amides is 1. The fourth-order valence-electron chi connectivity index (χ4n) is 1.91. The molecule has 5 heteroatoms. The zero-order valence-corrected chi connectivity index (χ0v) is 11.1. The van der Waals surface area contributed by atoms with Gasteiger partial charge in [-0.15, -0.1) is 0 Å². The minimum atomic E-state index is -0.320. The highest BCUT2D eigenvalue weighted by Crippen LogP contribution is 2.24. The van der Waals surface area contributed by atoms with Crippen molar-refractivity contribution in [3.8, 4) is 0 Å². The van der Waals surface area contributed by atoms with Crippen molar-refractivity contribution in [2.24, 2.45) is 0 Å². The molecule has 1 atom stereocenters. The monoisotopic (exact) mass is 300 g/mol. The van der Waals surface area contributed by atoms with Gasteiger partial charge in [0.05, 0.1) is 10.5 Å². The number of halogens is 2. The minimum absolute atomic E-state index is 0.0518. The molecule has 1 fully saturated rings. The maximum absolute atomic E-state index is 13.2. The molecule has 1 aliphatic heterocycles. The van der Waals surface area contributed by atoms with Gasteiger partial charge in [-0.05, 0) is 59.9 Å². The third kappa shape index (κ3) is 2.84. The second kappa shape index (κ2) is 5.14. The van der Waals surface area contributed by atoms with E-state index in [2.05, 4.69) is 26.6 Å². The molecule has 0 bridgehead atoms. The van der Waals surface area contributed by atoms with Crippen LogP contribution in [0.1, 0.15) is 18.4 Å². The number of hydrogen-bond donors (Lipinski definition) is 2. The molecular formula is C12H14BrFN2O. The first-order chi connectivity index (χ1) is 8.08. The van der Waals surface area contributed by atoms with Crippen LogP contribution in [0.2, 0.25) is 0 Å². The Morgan fingerprint density at radius 1 is 1.59 bits per heavy atom. The predicted molar refractivity (Wildman–Crippen MR) is 68.5 cm³/mol. The Morgan fingerprint density at radius 2 is 2.35 bits per heavy atom. The Bertz CT molecular complexity index is 444. The Morgan fingerprint density at radius 3 is 3.00 bits per heavy atom. The standard InChI is InChI=1S/C12H14BrFN2O/c1-7-5-9(14)8(13)6-11(7)16-12(17)10-3-2-4-15-10/h5-6,10,15H,2-4H2,1H3,(H,16,17)/t10-/m1/s1. The minimum Gasteiger partial charge on any atom is -0.324 e. The molecule has 0 aromatic heterocycles. The second-order valence-corrected chi connectivity index (χ2v) is 5.07. The van der Waals surface area contributed by atoms with Crippen LogP contribution in [0.5, 0.6) is 0 Å². The Kier molecular flexibility index (Phi) is 3.79. The van der Waals surface area contributed by atoms with Crippen LogP contribution in [-0.4, -0.2) is 18.5 Å². The Balaban J connectivity index is 2.12. The molecule has 1 aliphatic rings. The number of rotatable bonds is 2. The molecule has 1 saturated heterocycles. The molecule has 1 aromatic rings. The molecule has 0 spiro atoms. The first kappa shape index (κ1) is 12.5. The van der Waals surface area contributed by atoms with Crippen molar-refractivity contribution in [3.05, 3.63) is 28.0 Å². The molecule has 17 heavy (non-hydrogen) atoms. The number of hydrogen-bond acceptors (Lipinski definition) is 2. The van der Waals surface area contributed by atoms with Gasteiger partial charge in [-0.1, -0.05) is 0 Å². The summed E-state index contributed by atoms with van der Waals surface area (Å²) in [5.41, 5.74) is 1.37. The summed E-state index contributed by atoms with van der Waals surface area (Å²) in [6, 6.07) is 2.87. The van der Waals surface area contributed by atoms with Crippen LogP contribution < -0.4 is 10.6 Å². The topological polar surface area (TPSA) is 41.1 Å². The van der Waals surface area contributed by atoms with E-state index in [-0.39, 0.29) is 17.8 Å². The molecule has 0 unspecified atom stereocenters. The number of aryl methyl sites for hydroxylation is 1. The summed E-state index contributed by atoms with van der Waals surface area (Å²) in [6.07, 6.45) is 1.87. The van der Waals surface area contributed by atoms with Gasteiger partial charge in [0.2, 0.25) is 5.91 Å². The van der Waals surface area contributed by atoms with Gasteiger partial charge in [0.15, 0.2) is 0 Å². The predicted octanol–water partition coefficient (Wildman–Crippen LogP) is 2.59. The summed E-state index contributed by atoms with van der Waals surface area (Å²) in [7, 11) is 0. The quantitative estimate of drug-likeness (QED) is 0.881. The molecule has 3 nitrogen and oxygen atoms in total. The van der Waals surface area contributed by atoms with Crippen molar-refractivity contribution < 1.29 is 9.18 Å². The zero-order chi connectivity index (χ0) is 12.4. The summed E-state index contributed by atoms with van der Waals surface area (Å²) >= 11 is 3.11. The molecule has 2 N–H and O–H groups in total. The highest BCUT2D eigenvalue weighted by molar-refractivity contribution is 9.10. The van der Waals surface area contributed by atoms with Crippen molar-refractivity contribution in [2.75, 3.05) is 11.9 Å². The Labute approximate surface area is 108 Å². The van der Waals surface area contributed by atoms with Gasteiger partial charge in [-0.25, -0.2) is 4.39 Å². The van der Waals surface area contributed by atoms with Crippen LogP contribution >= 0.6 is 15.9 Å². The van der Waals surface area contributed by atoms with Gasteiger partial charge in [-0.2, -0.15) is 0 Å². The molecule has 0 radical (unpaired) electrons. The van der Waals surface area contributed by atoms with E-state index in [1.807, 2.05) is 0 Å². The van der Waals surface area contributed by atoms with E-state index >= 15 is 0 Å². The second-order valence-electron chi connectivity index (χ2n) is 4.22. The van der Waals surface area contributed by atoms with Crippen LogP contribution in [-0.2, 0) is 4.79 Å². The number of nitrogens with one attached hydrogen (secondary N) is 2. The maximum Gasteiger partial charge on any atom is 0.241 e. The van der Waals surface area contributed by atoms with E-state index in [1.54, 1.807) is 13.0 Å². The van der Waals surface area contributed by atoms with Gasteiger partial charge < -0.3 is 10.6 Å². The van der Waals surface area contributed by atoms with Crippen LogP contribution in [0.15, 0.2) is 16.6 Å². The first-order valence-corrected chi connectivity index (χ1v) is 6.37. The lowest BCUT2D eigenvalue weighted by Gasteiger charge is -2.13. The summed E-state index contributed by atoms with van der Waals surface area (Å²) < 4.78 is 13.6. The fraction of sp³-hybridized carbons (Fsp3) is 0.417. The SMILES string of the molecule is Cc1cc(F)c(Br)cc1NC(=O)[C@H]1CCCN1. The largest absolute Gasteiger partial charge is 0.324 e. The van der Waals surface area contributed by atoms with E-state index in [9.17, 15) is 9.18 Å². The zero-order valence-electron chi connectivity index (χ0n) is 9.52. The first-order valence-electron chi connectivity index (χ1n) is 5.58. The van der Waals surface area contributed by atoms with Crippen LogP contribution in [0.4, 0.5) is 10.1 Å². The van der Waals surface area contributed by atoms with E-state index in [1.165, 1.54) is 6.07 Å². The van der Waals surface area contributed by atoms with E-state index in [0.29, 0.717) is 10.2 Å². The van der Waals surface area contributed by atoms with Gasteiger partial charge in [0, 0.05) is 5.69 Å². The molecule has 0 saturated carbocycles. The molecule has 1 aromatic carbocycles. The Hall–Kier alpha value is -0.940. The lowest BCUT2D eigenvalue weighted by molar-refractivity contribution is -0.117. The molecule has 92 valence electrons. The molecule has 2 rings (SSSR count). The van der Waals surface area contributed by atoms with Gasteiger partial charge >= 0.3 is 0 Å². The molecule has 1 amide bonds. The number of carbonyl (C=O) groups excluding carboxylic acids is 1. The van der Waals surface area contributed by atoms with E-state index in [4.69, 9.17) is 0 Å².